The molecule has 0 bridgehead atoms. The average Bonchev–Trinajstić information content (AvgIpc) is 3.01. The number of morpholine rings is 1. The highest BCUT2D eigenvalue weighted by atomic mass is 32.2. The van der Waals surface area contributed by atoms with E-state index >= 15 is 0 Å². The Morgan fingerprint density at radius 1 is 1.38 bits per heavy atom. The smallest absolute Gasteiger partial charge is 0.254 e. The number of aryl methyl sites for hydroxylation is 1. The van der Waals surface area contributed by atoms with Crippen LogP contribution in [0.3, 0.4) is 0 Å². The Morgan fingerprint density at radius 2 is 2.21 bits per heavy atom. The van der Waals surface area contributed by atoms with E-state index in [-0.39, 0.29) is 25.6 Å². The summed E-state index contributed by atoms with van der Waals surface area (Å²) in [6.07, 6.45) is 0.610. The van der Waals surface area contributed by atoms with Crippen LogP contribution in [0.15, 0.2) is 28.7 Å². The lowest BCUT2D eigenvalue weighted by atomic mass is 10.2. The monoisotopic (exact) mass is 353 g/mol. The second-order valence-electron chi connectivity index (χ2n) is 5.62. The molecule has 1 aliphatic heterocycles. The van der Waals surface area contributed by atoms with Gasteiger partial charge in [-0.15, -0.1) is 10.2 Å². The number of rotatable bonds is 5. The van der Waals surface area contributed by atoms with E-state index in [9.17, 15) is 8.42 Å². The van der Waals surface area contributed by atoms with Gasteiger partial charge in [0.15, 0.2) is 6.61 Å². The van der Waals surface area contributed by atoms with Crippen molar-refractivity contribution in [3.63, 3.8) is 0 Å². The lowest BCUT2D eigenvalue weighted by Crippen LogP contribution is -2.41. The van der Waals surface area contributed by atoms with E-state index in [1.807, 2.05) is 31.2 Å². The number of benzene rings is 1. The molecule has 1 fully saturated rings. The summed E-state index contributed by atoms with van der Waals surface area (Å²) in [4.78, 5) is 0. The molecule has 1 atom stereocenters. The molecule has 0 radical (unpaired) electrons. The number of ether oxygens (including phenoxy) is 2. The van der Waals surface area contributed by atoms with Gasteiger partial charge in [-0.3, -0.25) is 0 Å². The molecule has 0 saturated carbocycles. The molecule has 0 N–H and O–H groups in total. The van der Waals surface area contributed by atoms with E-state index in [0.29, 0.717) is 18.2 Å². The Balaban J connectivity index is 1.63. The maximum Gasteiger partial charge on any atom is 0.254 e. The molecule has 3 rings (SSSR count). The van der Waals surface area contributed by atoms with E-state index in [1.165, 1.54) is 10.6 Å². The number of hydrogen-bond acceptors (Lipinski definition) is 7. The number of sulfonamides is 1. The largest absolute Gasteiger partial charge is 0.484 e. The normalized spacial score (nSPS) is 19.3. The van der Waals surface area contributed by atoms with Crippen LogP contribution in [0.1, 0.15) is 23.4 Å². The van der Waals surface area contributed by atoms with Crippen LogP contribution in [0.2, 0.25) is 0 Å². The SMILES string of the molecule is Cc1cccc(OCc2nnc([C@@H]3CN(S(C)(=O)=O)CCO3)o2)c1. The first-order valence-corrected chi connectivity index (χ1v) is 9.35. The van der Waals surface area contributed by atoms with Gasteiger partial charge in [0.2, 0.25) is 15.9 Å². The highest BCUT2D eigenvalue weighted by Gasteiger charge is 2.30. The standard InChI is InChI=1S/C15H19N3O5S/c1-11-4-3-5-12(8-11)22-10-14-16-17-15(23-14)13-9-18(6-7-21-13)24(2,19)20/h3-5,8,13H,6-7,9-10H2,1-2H3/t13-/m0/s1. The van der Waals surface area contributed by atoms with Crippen molar-refractivity contribution in [2.45, 2.75) is 19.6 Å². The molecule has 1 aromatic heterocycles. The van der Waals surface area contributed by atoms with Gasteiger partial charge in [0.1, 0.15) is 11.9 Å². The molecule has 0 amide bonds. The van der Waals surface area contributed by atoms with Gasteiger partial charge >= 0.3 is 0 Å². The fourth-order valence-electron chi connectivity index (χ4n) is 2.38. The molecule has 0 unspecified atom stereocenters. The molecule has 1 saturated heterocycles. The van der Waals surface area contributed by atoms with Crippen molar-refractivity contribution in [1.82, 2.24) is 14.5 Å². The topological polar surface area (TPSA) is 94.8 Å². The zero-order chi connectivity index (χ0) is 17.2. The number of nitrogens with zero attached hydrogens (tertiary/aromatic N) is 3. The third-order valence-corrected chi connectivity index (χ3v) is 4.88. The summed E-state index contributed by atoms with van der Waals surface area (Å²) in [5, 5.41) is 7.87. The van der Waals surface area contributed by atoms with Crippen molar-refractivity contribution in [3.8, 4) is 5.75 Å². The van der Waals surface area contributed by atoms with E-state index in [4.69, 9.17) is 13.9 Å². The van der Waals surface area contributed by atoms with Crippen LogP contribution in [0, 0.1) is 6.92 Å². The van der Waals surface area contributed by atoms with Crippen LogP contribution in [-0.2, 0) is 21.4 Å². The molecule has 2 aromatic rings. The number of hydrogen-bond donors (Lipinski definition) is 0. The molecule has 130 valence electrons. The molecule has 1 aliphatic rings. The maximum atomic E-state index is 11.6. The van der Waals surface area contributed by atoms with Gasteiger partial charge < -0.3 is 13.9 Å². The first kappa shape index (κ1) is 16.9. The molecule has 9 heteroatoms. The van der Waals surface area contributed by atoms with Gasteiger partial charge in [-0.1, -0.05) is 12.1 Å². The molecule has 2 heterocycles. The highest BCUT2D eigenvalue weighted by Crippen LogP contribution is 2.23. The first-order chi connectivity index (χ1) is 11.4. The van der Waals surface area contributed by atoms with E-state index in [2.05, 4.69) is 10.2 Å². The van der Waals surface area contributed by atoms with E-state index in [1.54, 1.807) is 0 Å². The van der Waals surface area contributed by atoms with Crippen LogP contribution in [0.25, 0.3) is 0 Å². The van der Waals surface area contributed by atoms with Gasteiger partial charge in [-0.25, -0.2) is 8.42 Å². The summed E-state index contributed by atoms with van der Waals surface area (Å²) in [6, 6.07) is 7.63. The molecule has 0 aliphatic carbocycles. The van der Waals surface area contributed by atoms with Crippen LogP contribution in [0.4, 0.5) is 0 Å². The van der Waals surface area contributed by atoms with Gasteiger partial charge in [0.05, 0.1) is 12.9 Å². The molecule has 24 heavy (non-hydrogen) atoms. The first-order valence-electron chi connectivity index (χ1n) is 7.50. The van der Waals surface area contributed by atoms with Crippen molar-refractivity contribution >= 4 is 10.0 Å². The third-order valence-electron chi connectivity index (χ3n) is 3.61. The van der Waals surface area contributed by atoms with Crippen molar-refractivity contribution in [2.24, 2.45) is 0 Å². The second-order valence-corrected chi connectivity index (χ2v) is 7.60. The Hall–Kier alpha value is -1.97. The number of aromatic nitrogens is 2. The van der Waals surface area contributed by atoms with E-state index < -0.39 is 16.1 Å². The van der Waals surface area contributed by atoms with Crippen molar-refractivity contribution < 1.29 is 22.3 Å². The van der Waals surface area contributed by atoms with Gasteiger partial charge in [-0.05, 0) is 24.6 Å². The van der Waals surface area contributed by atoms with Crippen molar-refractivity contribution in [1.29, 1.82) is 0 Å². The molecule has 8 nitrogen and oxygen atoms in total. The Morgan fingerprint density at radius 3 is 2.96 bits per heavy atom. The predicted octanol–water partition coefficient (Wildman–Crippen LogP) is 1.29. The summed E-state index contributed by atoms with van der Waals surface area (Å²) in [6.45, 7) is 2.89. The Bertz CT molecular complexity index is 805. The fourth-order valence-corrected chi connectivity index (χ4v) is 3.19. The fraction of sp³-hybridized carbons (Fsp3) is 0.467. The summed E-state index contributed by atoms with van der Waals surface area (Å²) >= 11 is 0. The predicted molar refractivity (Wildman–Crippen MR) is 84.9 cm³/mol. The van der Waals surface area contributed by atoms with Crippen LogP contribution in [0.5, 0.6) is 5.75 Å². The van der Waals surface area contributed by atoms with Crippen LogP contribution < -0.4 is 4.74 Å². The average molecular weight is 353 g/mol. The summed E-state index contributed by atoms with van der Waals surface area (Å²) in [5.74, 6) is 1.28. The van der Waals surface area contributed by atoms with Gasteiger partial charge in [0, 0.05) is 13.1 Å². The lowest BCUT2D eigenvalue weighted by molar-refractivity contribution is -0.0180. The molecule has 1 aromatic carbocycles. The summed E-state index contributed by atoms with van der Waals surface area (Å²) in [5.41, 5.74) is 1.09. The quantitative estimate of drug-likeness (QED) is 0.799. The minimum absolute atomic E-state index is 0.138. The Labute approximate surface area is 140 Å². The summed E-state index contributed by atoms with van der Waals surface area (Å²) in [7, 11) is -3.27. The van der Waals surface area contributed by atoms with Crippen molar-refractivity contribution in [2.75, 3.05) is 26.0 Å². The van der Waals surface area contributed by atoms with Crippen molar-refractivity contribution in [3.05, 3.63) is 41.6 Å². The minimum Gasteiger partial charge on any atom is -0.484 e. The highest BCUT2D eigenvalue weighted by molar-refractivity contribution is 7.88. The zero-order valence-corrected chi connectivity index (χ0v) is 14.3. The Kier molecular flexibility index (Phi) is 4.83. The summed E-state index contributed by atoms with van der Waals surface area (Å²) < 4.78 is 41.3. The maximum absolute atomic E-state index is 11.6. The van der Waals surface area contributed by atoms with Gasteiger partial charge in [0.25, 0.3) is 5.89 Å². The molecular weight excluding hydrogens is 334 g/mol. The van der Waals surface area contributed by atoms with E-state index in [0.717, 1.165) is 5.56 Å². The van der Waals surface area contributed by atoms with Crippen LogP contribution >= 0.6 is 0 Å². The minimum atomic E-state index is -3.27. The molecule has 0 spiro atoms. The zero-order valence-electron chi connectivity index (χ0n) is 13.5. The third kappa shape index (κ3) is 4.11. The molecular formula is C15H19N3O5S. The van der Waals surface area contributed by atoms with Crippen LogP contribution in [-0.4, -0.2) is 48.9 Å². The second kappa shape index (κ2) is 6.88. The van der Waals surface area contributed by atoms with Gasteiger partial charge in [-0.2, -0.15) is 4.31 Å². The lowest BCUT2D eigenvalue weighted by Gasteiger charge is -2.29.